The van der Waals surface area contributed by atoms with Gasteiger partial charge in [0.1, 0.15) is 75.7 Å². The molecule has 26 heteroatoms. The number of carbonyl (C=O) groups excluding carboxylic acids is 2. The molecule has 4 heterocycles. The van der Waals surface area contributed by atoms with Gasteiger partial charge in [0.15, 0.2) is 0 Å². The summed E-state index contributed by atoms with van der Waals surface area (Å²) in [5, 5.41) is 54.2. The van der Waals surface area contributed by atoms with Crippen molar-refractivity contribution in [3.05, 3.63) is 72.9 Å². The number of imidazole rings is 4. The molecule has 0 saturated heterocycles. The van der Waals surface area contributed by atoms with Crippen molar-refractivity contribution in [2.45, 2.75) is 105 Å². The van der Waals surface area contributed by atoms with Crippen LogP contribution in [-0.4, -0.2) is 173 Å². The van der Waals surface area contributed by atoms with Crippen LogP contribution in [0.1, 0.15) is 64.8 Å². The molecule has 0 atom stereocenters. The van der Waals surface area contributed by atoms with Gasteiger partial charge in [-0.15, -0.1) is 0 Å². The van der Waals surface area contributed by atoms with E-state index < -0.39 is 79.3 Å². The van der Waals surface area contributed by atoms with Crippen LogP contribution in [0.4, 0.5) is 0 Å². The van der Waals surface area contributed by atoms with E-state index in [0.29, 0.717) is 46.2 Å². The Labute approximate surface area is 377 Å². The molecule has 0 saturated carbocycles. The Morgan fingerprint density at radius 2 is 0.636 bits per heavy atom. The van der Waals surface area contributed by atoms with Gasteiger partial charge in [-0.3, -0.25) is 48.2 Å². The molecule has 2 amide bonds. The van der Waals surface area contributed by atoms with Crippen LogP contribution in [0.25, 0.3) is 0 Å². The number of amides is 2. The zero-order chi connectivity index (χ0) is 49.5. The molecule has 360 valence electrons. The van der Waals surface area contributed by atoms with Gasteiger partial charge in [0.05, 0.1) is 26.2 Å². The Hall–Kier alpha value is -7.48. The topological polar surface area (TPSA) is 342 Å². The van der Waals surface area contributed by atoms with Crippen molar-refractivity contribution >= 4 is 47.6 Å². The maximum atomic E-state index is 12.7. The van der Waals surface area contributed by atoms with Gasteiger partial charge < -0.3 is 58.7 Å². The SMILES string of the molecule is CC(C)(C)N(Cc1nccn1CC(=O)N(CC(=O)O)CC(=O)O)Cc1nccn1CC(=O)N(CC(=O)O)CC(=O)O.CC(C)(C)N(Cc1nccn1CC(=O)O)Cc1nccn1CC(=O)O. The molecule has 26 nitrogen and oxygen atoms in total. The summed E-state index contributed by atoms with van der Waals surface area (Å²) in [6, 6.07) is 0. The molecule has 4 aromatic rings. The summed E-state index contributed by atoms with van der Waals surface area (Å²) in [4.78, 5) is 114. The molecular weight excluding hydrogens is 873 g/mol. The van der Waals surface area contributed by atoms with Crippen molar-refractivity contribution in [2.24, 2.45) is 0 Å². The monoisotopic (exact) mass is 928 g/mol. The van der Waals surface area contributed by atoms with E-state index in [0.717, 1.165) is 0 Å². The minimum atomic E-state index is -1.35. The maximum absolute atomic E-state index is 12.7. The van der Waals surface area contributed by atoms with Crippen LogP contribution in [-0.2, 0) is 90.7 Å². The fourth-order valence-corrected chi connectivity index (χ4v) is 6.19. The quantitative estimate of drug-likeness (QED) is 0.0535. The predicted molar refractivity (Wildman–Crippen MR) is 226 cm³/mol. The number of hydrogen-bond acceptors (Lipinski definition) is 14. The molecule has 0 aliphatic rings. The highest BCUT2D eigenvalue weighted by atomic mass is 16.4. The minimum absolute atomic E-state index is 0.152. The Balaban J connectivity index is 0.000000393. The molecule has 0 aliphatic heterocycles. The second-order valence-electron chi connectivity index (χ2n) is 16.8. The van der Waals surface area contributed by atoms with E-state index in [2.05, 4.69) is 24.8 Å². The van der Waals surface area contributed by atoms with E-state index in [4.69, 9.17) is 30.6 Å². The molecule has 0 aliphatic carbocycles. The first-order chi connectivity index (χ1) is 30.7. The van der Waals surface area contributed by atoms with E-state index in [1.807, 2.05) is 46.4 Å². The van der Waals surface area contributed by atoms with Gasteiger partial charge in [-0.25, -0.2) is 19.9 Å². The van der Waals surface area contributed by atoms with Gasteiger partial charge in [0, 0.05) is 60.7 Å². The van der Waals surface area contributed by atoms with Gasteiger partial charge in [-0.1, -0.05) is 0 Å². The number of aliphatic carboxylic acids is 6. The molecule has 0 radical (unpaired) electrons. The largest absolute Gasteiger partial charge is 0.480 e. The van der Waals surface area contributed by atoms with Crippen LogP contribution in [0.15, 0.2) is 49.6 Å². The number of carboxylic acid groups (broad SMARTS) is 6. The molecule has 0 unspecified atom stereocenters. The molecule has 6 N–H and O–H groups in total. The average molecular weight is 929 g/mol. The summed E-state index contributed by atoms with van der Waals surface area (Å²) in [5.41, 5.74) is -0.751. The number of rotatable bonds is 24. The maximum Gasteiger partial charge on any atom is 0.323 e. The van der Waals surface area contributed by atoms with E-state index in [1.54, 1.807) is 33.9 Å². The summed E-state index contributed by atoms with van der Waals surface area (Å²) < 4.78 is 6.13. The molecule has 4 aromatic heterocycles. The first-order valence-electron chi connectivity index (χ1n) is 20.1. The van der Waals surface area contributed by atoms with Gasteiger partial charge >= 0.3 is 35.8 Å². The lowest BCUT2D eigenvalue weighted by atomic mass is 10.1. The van der Waals surface area contributed by atoms with Crippen LogP contribution < -0.4 is 0 Å². The first-order valence-corrected chi connectivity index (χ1v) is 20.1. The van der Waals surface area contributed by atoms with Crippen molar-refractivity contribution in [3.63, 3.8) is 0 Å². The molecular formula is C40H56N12O14. The smallest absolute Gasteiger partial charge is 0.323 e. The van der Waals surface area contributed by atoms with Crippen molar-refractivity contribution in [2.75, 3.05) is 26.2 Å². The van der Waals surface area contributed by atoms with E-state index >= 15 is 0 Å². The van der Waals surface area contributed by atoms with Gasteiger partial charge in [-0.2, -0.15) is 0 Å². The number of nitrogens with zero attached hydrogens (tertiary/aromatic N) is 12. The summed E-state index contributed by atoms with van der Waals surface area (Å²) in [7, 11) is 0. The number of carboxylic acids is 6. The van der Waals surface area contributed by atoms with Crippen LogP contribution >= 0.6 is 0 Å². The van der Waals surface area contributed by atoms with Gasteiger partial charge in [0.2, 0.25) is 11.8 Å². The summed E-state index contributed by atoms with van der Waals surface area (Å²) in [5.74, 6) is -6.63. The van der Waals surface area contributed by atoms with Gasteiger partial charge in [0.25, 0.3) is 0 Å². The van der Waals surface area contributed by atoms with Crippen molar-refractivity contribution in [1.82, 2.24) is 57.8 Å². The third-order valence-electron chi connectivity index (χ3n) is 9.67. The number of hydrogen-bond donors (Lipinski definition) is 6. The fourth-order valence-electron chi connectivity index (χ4n) is 6.19. The normalized spacial score (nSPS) is 11.5. The summed E-state index contributed by atoms with van der Waals surface area (Å²) in [6.45, 7) is 8.90. The molecule has 0 bridgehead atoms. The van der Waals surface area contributed by atoms with E-state index in [1.165, 1.54) is 33.9 Å². The lowest BCUT2D eigenvalue weighted by Gasteiger charge is -2.35. The lowest BCUT2D eigenvalue weighted by molar-refractivity contribution is -0.150. The zero-order valence-electron chi connectivity index (χ0n) is 37.4. The van der Waals surface area contributed by atoms with Crippen LogP contribution in [0.2, 0.25) is 0 Å². The standard InChI is InChI=1S/C24H33N7O10.C16H23N5O4/c1-24(2,3)31(8-16-25-4-6-27(16)10-18(32)29(12-20(34)35)13-21(36)37)9-17-26-5-7-28(17)11-19(33)30(14-22(38)39)15-23(40)41;1-16(2,3)21(8-12-17-4-6-19(12)10-14(22)23)9-13-18-5-7-20(13)11-15(24)25/h4-7H,8-15H2,1-3H3,(H,34,35)(H,36,37)(H,38,39)(H,40,41);4-7H,8-11H2,1-3H3,(H,22,23)(H,24,25). The highest BCUT2D eigenvalue weighted by molar-refractivity contribution is 5.85. The number of aromatic nitrogens is 8. The summed E-state index contributed by atoms with van der Waals surface area (Å²) >= 11 is 0. The van der Waals surface area contributed by atoms with Gasteiger partial charge in [-0.05, 0) is 41.5 Å². The van der Waals surface area contributed by atoms with Crippen LogP contribution in [0, 0.1) is 0 Å². The molecule has 66 heavy (non-hydrogen) atoms. The van der Waals surface area contributed by atoms with E-state index in [-0.39, 0.29) is 44.8 Å². The van der Waals surface area contributed by atoms with Crippen molar-refractivity contribution in [1.29, 1.82) is 0 Å². The second-order valence-corrected chi connectivity index (χ2v) is 16.8. The highest BCUT2D eigenvalue weighted by Gasteiger charge is 2.29. The molecule has 4 rings (SSSR count). The van der Waals surface area contributed by atoms with Crippen LogP contribution in [0.3, 0.4) is 0 Å². The Morgan fingerprint density at radius 3 is 0.833 bits per heavy atom. The Bertz CT molecular complexity index is 2160. The van der Waals surface area contributed by atoms with Crippen molar-refractivity contribution < 1.29 is 69.0 Å². The second kappa shape index (κ2) is 23.4. The third kappa shape index (κ3) is 17.2. The average Bonchev–Trinajstić information content (AvgIpc) is 3.99. The Kier molecular flexibility index (Phi) is 18.8. The molecule has 0 aromatic carbocycles. The van der Waals surface area contributed by atoms with E-state index in [9.17, 15) is 38.4 Å². The third-order valence-corrected chi connectivity index (χ3v) is 9.67. The fraction of sp³-hybridized carbons (Fsp3) is 0.500. The van der Waals surface area contributed by atoms with Crippen molar-refractivity contribution in [3.8, 4) is 0 Å². The molecule has 0 spiro atoms. The minimum Gasteiger partial charge on any atom is -0.480 e. The highest BCUT2D eigenvalue weighted by Crippen LogP contribution is 2.22. The Morgan fingerprint density at radius 1 is 0.409 bits per heavy atom. The first kappa shape index (κ1) is 52.9. The lowest BCUT2D eigenvalue weighted by Crippen LogP contribution is -2.43. The molecule has 0 fully saturated rings. The van der Waals surface area contributed by atoms with Crippen LogP contribution in [0.5, 0.6) is 0 Å². The summed E-state index contributed by atoms with van der Waals surface area (Å²) in [6.07, 6.45) is 12.3. The predicted octanol–water partition coefficient (Wildman–Crippen LogP) is -0.0746. The number of carbonyl (C=O) groups is 8. The zero-order valence-corrected chi connectivity index (χ0v) is 37.4.